The van der Waals surface area contributed by atoms with Gasteiger partial charge in [-0.25, -0.2) is 17.9 Å². The van der Waals surface area contributed by atoms with Crippen LogP contribution in [0.4, 0.5) is 0 Å². The zero-order valence-corrected chi connectivity index (χ0v) is 16.5. The molecule has 0 amide bonds. The van der Waals surface area contributed by atoms with Gasteiger partial charge < -0.3 is 9.72 Å². The van der Waals surface area contributed by atoms with Gasteiger partial charge in [0.15, 0.2) is 0 Å². The number of H-pyrrole nitrogens is 1. The van der Waals surface area contributed by atoms with Crippen LogP contribution in [-0.4, -0.2) is 42.2 Å². The molecule has 1 aliphatic rings. The summed E-state index contributed by atoms with van der Waals surface area (Å²) in [4.78, 5) is 30.5. The Labute approximate surface area is 166 Å². The summed E-state index contributed by atoms with van der Waals surface area (Å²) in [7, 11) is -2.55. The van der Waals surface area contributed by atoms with Crippen LogP contribution in [-0.2, 0) is 28.2 Å². The lowest BCUT2D eigenvalue weighted by atomic mass is 9.96. The first-order chi connectivity index (χ1) is 13.8. The lowest BCUT2D eigenvalue weighted by Gasteiger charge is -2.19. The molecule has 2 N–H and O–H groups in total. The van der Waals surface area contributed by atoms with Gasteiger partial charge in [-0.15, -0.1) is 0 Å². The first-order valence-corrected chi connectivity index (χ1v) is 10.6. The quantitative estimate of drug-likeness (QED) is 0.611. The number of aromatic nitrogens is 3. The second-order valence-corrected chi connectivity index (χ2v) is 8.80. The van der Waals surface area contributed by atoms with Crippen LogP contribution in [0.3, 0.4) is 0 Å². The number of nitrogens with zero attached hydrogens (tertiary/aromatic N) is 2. The molecule has 0 saturated carbocycles. The van der Waals surface area contributed by atoms with E-state index in [2.05, 4.69) is 14.7 Å². The highest BCUT2D eigenvalue weighted by Crippen LogP contribution is 2.22. The van der Waals surface area contributed by atoms with Crippen LogP contribution in [0.25, 0.3) is 10.9 Å². The normalized spacial score (nSPS) is 19.6. The summed E-state index contributed by atoms with van der Waals surface area (Å²) in [6.45, 7) is 0.729. The van der Waals surface area contributed by atoms with Gasteiger partial charge >= 0.3 is 5.69 Å². The molecular formula is C19H20N4O5S. The first kappa shape index (κ1) is 19.5. The maximum Gasteiger partial charge on any atom is 0.328 e. The second-order valence-electron chi connectivity index (χ2n) is 7.09. The van der Waals surface area contributed by atoms with Crippen molar-refractivity contribution in [1.82, 2.24) is 19.3 Å². The van der Waals surface area contributed by atoms with E-state index in [9.17, 15) is 18.0 Å². The summed E-state index contributed by atoms with van der Waals surface area (Å²) in [5.74, 6) is -0.0168. The summed E-state index contributed by atoms with van der Waals surface area (Å²) in [6, 6.07) is 7.47. The monoisotopic (exact) mass is 416 g/mol. The molecule has 9 nitrogen and oxygen atoms in total. The van der Waals surface area contributed by atoms with Crippen LogP contribution in [0.15, 0.2) is 57.2 Å². The van der Waals surface area contributed by atoms with Crippen molar-refractivity contribution in [2.24, 2.45) is 13.0 Å². The number of hydrogen-bond acceptors (Lipinski definition) is 6. The smallest absolute Gasteiger partial charge is 0.328 e. The highest BCUT2D eigenvalue weighted by molar-refractivity contribution is 7.89. The average molecular weight is 416 g/mol. The predicted molar refractivity (Wildman–Crippen MR) is 106 cm³/mol. The molecule has 1 aromatic carbocycles. The molecule has 29 heavy (non-hydrogen) atoms. The minimum absolute atomic E-state index is 0.0168. The van der Waals surface area contributed by atoms with Crippen molar-refractivity contribution < 1.29 is 13.2 Å². The van der Waals surface area contributed by atoms with Crippen molar-refractivity contribution in [3.8, 4) is 0 Å². The zero-order chi connectivity index (χ0) is 20.6. The van der Waals surface area contributed by atoms with E-state index in [-0.39, 0.29) is 34.4 Å². The van der Waals surface area contributed by atoms with Crippen LogP contribution >= 0.6 is 0 Å². The van der Waals surface area contributed by atoms with Crippen molar-refractivity contribution in [2.75, 3.05) is 13.2 Å². The fourth-order valence-electron chi connectivity index (χ4n) is 3.47. The number of ether oxygens (including phenoxy) is 1. The first-order valence-electron chi connectivity index (χ1n) is 9.07. The van der Waals surface area contributed by atoms with Gasteiger partial charge in [0.1, 0.15) is 0 Å². The van der Waals surface area contributed by atoms with Crippen molar-refractivity contribution in [2.45, 2.75) is 17.4 Å². The summed E-state index contributed by atoms with van der Waals surface area (Å²) < 4.78 is 35.0. The molecule has 0 bridgehead atoms. The number of pyridine rings is 1. The Morgan fingerprint density at radius 1 is 1.21 bits per heavy atom. The highest BCUT2D eigenvalue weighted by atomic mass is 32.2. The summed E-state index contributed by atoms with van der Waals surface area (Å²) in [6.07, 6.45) is 4.06. The van der Waals surface area contributed by atoms with E-state index >= 15 is 0 Å². The number of rotatable bonds is 5. The summed E-state index contributed by atoms with van der Waals surface area (Å²) in [5.41, 5.74) is 0.230. The molecule has 3 aromatic rings. The van der Waals surface area contributed by atoms with Crippen LogP contribution in [0.5, 0.6) is 0 Å². The van der Waals surface area contributed by atoms with Gasteiger partial charge in [-0.2, -0.15) is 0 Å². The maximum atomic E-state index is 12.9. The molecule has 4 rings (SSSR count). The SMILES string of the molecule is Cn1c(=O)[nH]c2ccc(S(=O)(=O)N[C@@H]3COC[C@H]3Cc3ccncc3)cc2c1=O. The number of benzene rings is 1. The third kappa shape index (κ3) is 3.86. The average Bonchev–Trinajstić information content (AvgIpc) is 3.12. The van der Waals surface area contributed by atoms with Crippen LogP contribution in [0, 0.1) is 5.92 Å². The zero-order valence-electron chi connectivity index (χ0n) is 15.7. The summed E-state index contributed by atoms with van der Waals surface area (Å²) >= 11 is 0. The standard InChI is InChI=1S/C19H20N4O5S/c1-23-18(24)15-9-14(2-3-16(15)21-19(23)25)29(26,27)22-17-11-28-10-13(17)8-12-4-6-20-7-5-12/h2-7,9,13,17,22H,8,10-11H2,1H3,(H,21,25)/t13-,17-/m1/s1. The molecule has 0 radical (unpaired) electrons. The molecule has 3 heterocycles. The number of fused-ring (bicyclic) bond motifs is 1. The van der Waals surface area contributed by atoms with Gasteiger partial charge in [-0.1, -0.05) is 0 Å². The van der Waals surface area contributed by atoms with Crippen molar-refractivity contribution in [3.63, 3.8) is 0 Å². The van der Waals surface area contributed by atoms with Crippen LogP contribution in [0.1, 0.15) is 5.56 Å². The lowest BCUT2D eigenvalue weighted by molar-refractivity contribution is 0.183. The van der Waals surface area contributed by atoms with Gasteiger partial charge in [0.2, 0.25) is 10.0 Å². The number of sulfonamides is 1. The predicted octanol–water partition coefficient (Wildman–Crippen LogP) is 0.158. The van der Waals surface area contributed by atoms with E-state index < -0.39 is 21.3 Å². The largest absolute Gasteiger partial charge is 0.379 e. The molecule has 0 unspecified atom stereocenters. The van der Waals surface area contributed by atoms with Gasteiger partial charge in [0.05, 0.1) is 35.1 Å². The third-order valence-electron chi connectivity index (χ3n) is 5.13. The molecule has 1 fully saturated rings. The fourth-order valence-corrected chi connectivity index (χ4v) is 4.78. The maximum absolute atomic E-state index is 12.9. The van der Waals surface area contributed by atoms with Gasteiger partial charge in [0.25, 0.3) is 5.56 Å². The minimum atomic E-state index is -3.88. The Balaban J connectivity index is 1.61. The van der Waals surface area contributed by atoms with Gasteiger partial charge in [-0.05, 0) is 42.3 Å². The number of nitrogens with one attached hydrogen (secondary N) is 2. The molecule has 0 spiro atoms. The molecule has 0 aliphatic carbocycles. The molecule has 1 aliphatic heterocycles. The Morgan fingerprint density at radius 3 is 2.72 bits per heavy atom. The fraction of sp³-hybridized carbons (Fsp3) is 0.316. The van der Waals surface area contributed by atoms with Crippen molar-refractivity contribution in [1.29, 1.82) is 0 Å². The van der Waals surface area contributed by atoms with E-state index in [0.717, 1.165) is 10.1 Å². The van der Waals surface area contributed by atoms with Crippen molar-refractivity contribution >= 4 is 20.9 Å². The van der Waals surface area contributed by atoms with Gasteiger partial charge in [0, 0.05) is 25.4 Å². The van der Waals surface area contributed by atoms with E-state index in [1.165, 1.54) is 25.2 Å². The minimum Gasteiger partial charge on any atom is -0.379 e. The molecule has 2 atom stereocenters. The molecule has 10 heteroatoms. The third-order valence-corrected chi connectivity index (χ3v) is 6.62. The number of hydrogen-bond donors (Lipinski definition) is 2. The highest BCUT2D eigenvalue weighted by Gasteiger charge is 2.32. The van der Waals surface area contributed by atoms with E-state index in [0.29, 0.717) is 13.0 Å². The Bertz CT molecular complexity index is 1270. The molecule has 152 valence electrons. The Morgan fingerprint density at radius 2 is 1.97 bits per heavy atom. The topological polar surface area (TPSA) is 123 Å². The number of aromatic amines is 1. The Kier molecular flexibility index (Phi) is 5.07. The van der Waals surface area contributed by atoms with E-state index in [1.54, 1.807) is 12.4 Å². The molecule has 2 aromatic heterocycles. The second kappa shape index (κ2) is 7.54. The van der Waals surface area contributed by atoms with Crippen LogP contribution in [0.2, 0.25) is 0 Å². The lowest BCUT2D eigenvalue weighted by Crippen LogP contribution is -2.40. The molecule has 1 saturated heterocycles. The summed E-state index contributed by atoms with van der Waals surface area (Å²) in [5, 5.41) is 0.131. The van der Waals surface area contributed by atoms with Crippen LogP contribution < -0.4 is 16.0 Å². The molecular weight excluding hydrogens is 396 g/mol. The van der Waals surface area contributed by atoms with Crippen molar-refractivity contribution in [3.05, 3.63) is 69.1 Å². The van der Waals surface area contributed by atoms with E-state index in [1.807, 2.05) is 12.1 Å². The van der Waals surface area contributed by atoms with Gasteiger partial charge in [-0.3, -0.25) is 14.3 Å². The van der Waals surface area contributed by atoms with E-state index in [4.69, 9.17) is 4.74 Å². The Hall–Kier alpha value is -2.82.